The van der Waals surface area contributed by atoms with Crippen LogP contribution < -0.4 is 5.32 Å². The molecule has 1 heterocycles. The summed E-state index contributed by atoms with van der Waals surface area (Å²) in [5, 5.41) is 17.3. The predicted octanol–water partition coefficient (Wildman–Crippen LogP) is 0.978. The van der Waals surface area contributed by atoms with Gasteiger partial charge < -0.3 is 10.4 Å². The van der Waals surface area contributed by atoms with Gasteiger partial charge in [-0.15, -0.1) is 0 Å². The number of rotatable bonds is 4. The Morgan fingerprint density at radius 2 is 2.20 bits per heavy atom. The van der Waals surface area contributed by atoms with Crippen LogP contribution in [0.1, 0.15) is 32.0 Å². The Morgan fingerprint density at radius 1 is 1.60 bits per heavy atom. The molecule has 4 nitrogen and oxygen atoms in total. The molecule has 0 radical (unpaired) electrons. The minimum absolute atomic E-state index is 0.0529. The Kier molecular flexibility index (Phi) is 3.52. The van der Waals surface area contributed by atoms with E-state index in [2.05, 4.69) is 10.4 Å². The molecule has 1 rings (SSSR count). The number of aryl methyl sites for hydroxylation is 2. The van der Waals surface area contributed by atoms with Crippen molar-refractivity contribution in [2.24, 2.45) is 7.05 Å². The lowest BCUT2D eigenvalue weighted by atomic mass is 10.0. The van der Waals surface area contributed by atoms with Crippen LogP contribution in [-0.2, 0) is 13.6 Å². The maximum atomic E-state index is 9.76. The Bertz CT molecular complexity index is 325. The molecule has 1 unspecified atom stereocenters. The molecule has 0 saturated heterocycles. The molecular formula is C11H21N3O. The van der Waals surface area contributed by atoms with Crippen LogP contribution in [0.3, 0.4) is 0 Å². The SMILES string of the molecule is Cc1nn(C)cc1CNC(C)C(C)(C)O. The van der Waals surface area contributed by atoms with Crippen LogP contribution in [0.15, 0.2) is 6.20 Å². The molecule has 0 saturated carbocycles. The molecule has 86 valence electrons. The van der Waals surface area contributed by atoms with Gasteiger partial charge in [0.25, 0.3) is 0 Å². The van der Waals surface area contributed by atoms with E-state index in [1.807, 2.05) is 27.1 Å². The maximum absolute atomic E-state index is 9.76. The van der Waals surface area contributed by atoms with Crippen LogP contribution >= 0.6 is 0 Å². The van der Waals surface area contributed by atoms with E-state index in [0.717, 1.165) is 12.2 Å². The Hall–Kier alpha value is -0.870. The molecule has 2 N–H and O–H groups in total. The zero-order valence-corrected chi connectivity index (χ0v) is 10.2. The smallest absolute Gasteiger partial charge is 0.0741 e. The van der Waals surface area contributed by atoms with Crippen LogP contribution in [0.2, 0.25) is 0 Å². The summed E-state index contributed by atoms with van der Waals surface area (Å²) < 4.78 is 1.81. The van der Waals surface area contributed by atoms with Crippen LogP contribution in [0, 0.1) is 6.92 Å². The third kappa shape index (κ3) is 3.32. The highest BCUT2D eigenvalue weighted by atomic mass is 16.3. The summed E-state index contributed by atoms with van der Waals surface area (Å²) in [6, 6.07) is 0.0529. The van der Waals surface area contributed by atoms with Crippen LogP contribution in [0.4, 0.5) is 0 Å². The van der Waals surface area contributed by atoms with E-state index >= 15 is 0 Å². The molecule has 0 spiro atoms. The second-order valence-corrected chi connectivity index (χ2v) is 4.67. The zero-order chi connectivity index (χ0) is 11.6. The monoisotopic (exact) mass is 211 g/mol. The van der Waals surface area contributed by atoms with Crippen LogP contribution in [0.5, 0.6) is 0 Å². The third-order valence-corrected chi connectivity index (χ3v) is 2.77. The van der Waals surface area contributed by atoms with E-state index in [9.17, 15) is 5.11 Å². The molecule has 15 heavy (non-hydrogen) atoms. The van der Waals surface area contributed by atoms with Gasteiger partial charge in [0, 0.05) is 31.4 Å². The average Bonchev–Trinajstić information content (AvgIpc) is 2.39. The topological polar surface area (TPSA) is 50.1 Å². The summed E-state index contributed by atoms with van der Waals surface area (Å²) in [4.78, 5) is 0. The standard InChI is InChI=1S/C11H21N3O/c1-8-10(7-14(5)13-8)6-12-9(2)11(3,4)15/h7,9,12,15H,6H2,1-5H3. The Balaban J connectivity index is 2.54. The molecule has 0 bridgehead atoms. The summed E-state index contributed by atoms with van der Waals surface area (Å²) in [7, 11) is 1.91. The molecule has 4 heteroatoms. The Labute approximate surface area is 91.3 Å². The van der Waals surface area contributed by atoms with Gasteiger partial charge in [-0.3, -0.25) is 4.68 Å². The molecule has 0 aliphatic heterocycles. The summed E-state index contributed by atoms with van der Waals surface area (Å²) in [5.41, 5.74) is 1.51. The van der Waals surface area contributed by atoms with Gasteiger partial charge >= 0.3 is 0 Å². The van der Waals surface area contributed by atoms with Crippen molar-refractivity contribution in [2.45, 2.75) is 45.9 Å². The lowest BCUT2D eigenvalue weighted by Gasteiger charge is -2.26. The maximum Gasteiger partial charge on any atom is 0.0741 e. The minimum Gasteiger partial charge on any atom is -0.389 e. The molecule has 1 atom stereocenters. The first-order valence-corrected chi connectivity index (χ1v) is 5.25. The second kappa shape index (κ2) is 4.33. The highest BCUT2D eigenvalue weighted by molar-refractivity contribution is 5.15. The van der Waals surface area contributed by atoms with Crippen molar-refractivity contribution >= 4 is 0 Å². The summed E-state index contributed by atoms with van der Waals surface area (Å²) in [6.07, 6.45) is 2.00. The van der Waals surface area contributed by atoms with Gasteiger partial charge in [-0.1, -0.05) is 0 Å². The fourth-order valence-corrected chi connectivity index (χ4v) is 1.34. The van der Waals surface area contributed by atoms with Crippen molar-refractivity contribution < 1.29 is 5.11 Å². The van der Waals surface area contributed by atoms with E-state index in [-0.39, 0.29) is 6.04 Å². The van der Waals surface area contributed by atoms with Crippen molar-refractivity contribution in [3.05, 3.63) is 17.5 Å². The van der Waals surface area contributed by atoms with Gasteiger partial charge in [-0.2, -0.15) is 5.10 Å². The third-order valence-electron chi connectivity index (χ3n) is 2.77. The molecule has 0 aliphatic rings. The fraction of sp³-hybridized carbons (Fsp3) is 0.727. The fourth-order valence-electron chi connectivity index (χ4n) is 1.34. The number of aliphatic hydroxyl groups is 1. The molecule has 1 aromatic rings. The van der Waals surface area contributed by atoms with Gasteiger partial charge in [-0.05, 0) is 27.7 Å². The predicted molar refractivity (Wildman–Crippen MR) is 60.5 cm³/mol. The van der Waals surface area contributed by atoms with Crippen LogP contribution in [-0.4, -0.2) is 26.5 Å². The lowest BCUT2D eigenvalue weighted by Crippen LogP contribution is -2.44. The number of aromatic nitrogens is 2. The van der Waals surface area contributed by atoms with Crippen molar-refractivity contribution in [2.75, 3.05) is 0 Å². The van der Waals surface area contributed by atoms with Gasteiger partial charge in [0.1, 0.15) is 0 Å². The van der Waals surface area contributed by atoms with Crippen molar-refractivity contribution in [3.63, 3.8) is 0 Å². The minimum atomic E-state index is -0.698. The first-order chi connectivity index (χ1) is 6.80. The summed E-state index contributed by atoms with van der Waals surface area (Å²) >= 11 is 0. The van der Waals surface area contributed by atoms with E-state index in [0.29, 0.717) is 0 Å². The Morgan fingerprint density at radius 3 is 2.60 bits per heavy atom. The highest BCUT2D eigenvalue weighted by Gasteiger charge is 2.21. The van der Waals surface area contributed by atoms with Crippen molar-refractivity contribution in [3.8, 4) is 0 Å². The first-order valence-electron chi connectivity index (χ1n) is 5.25. The average molecular weight is 211 g/mol. The van der Waals surface area contributed by atoms with E-state index in [4.69, 9.17) is 0 Å². The van der Waals surface area contributed by atoms with Gasteiger partial charge in [0.15, 0.2) is 0 Å². The van der Waals surface area contributed by atoms with Gasteiger partial charge in [-0.25, -0.2) is 0 Å². The lowest BCUT2D eigenvalue weighted by molar-refractivity contribution is 0.0437. The molecule has 0 amide bonds. The number of hydrogen-bond donors (Lipinski definition) is 2. The summed E-state index contributed by atoms with van der Waals surface area (Å²) in [6.45, 7) is 8.32. The molecular weight excluding hydrogens is 190 g/mol. The van der Waals surface area contributed by atoms with E-state index in [1.54, 1.807) is 18.5 Å². The number of nitrogens with one attached hydrogen (secondary N) is 1. The molecule has 0 aliphatic carbocycles. The van der Waals surface area contributed by atoms with E-state index < -0.39 is 5.60 Å². The summed E-state index contributed by atoms with van der Waals surface area (Å²) in [5.74, 6) is 0. The number of hydrogen-bond acceptors (Lipinski definition) is 3. The zero-order valence-electron chi connectivity index (χ0n) is 10.2. The molecule has 0 fully saturated rings. The number of nitrogens with zero attached hydrogens (tertiary/aromatic N) is 2. The van der Waals surface area contributed by atoms with Crippen molar-refractivity contribution in [1.29, 1.82) is 0 Å². The van der Waals surface area contributed by atoms with Crippen molar-refractivity contribution in [1.82, 2.24) is 15.1 Å². The van der Waals surface area contributed by atoms with Crippen LogP contribution in [0.25, 0.3) is 0 Å². The molecule has 1 aromatic heterocycles. The highest BCUT2D eigenvalue weighted by Crippen LogP contribution is 2.10. The van der Waals surface area contributed by atoms with Gasteiger partial charge in [0.05, 0.1) is 11.3 Å². The second-order valence-electron chi connectivity index (χ2n) is 4.67. The molecule has 0 aromatic carbocycles. The normalized spacial score (nSPS) is 14.3. The van der Waals surface area contributed by atoms with E-state index in [1.165, 1.54) is 5.56 Å². The quantitative estimate of drug-likeness (QED) is 0.780. The largest absolute Gasteiger partial charge is 0.389 e. The van der Waals surface area contributed by atoms with Gasteiger partial charge in [0.2, 0.25) is 0 Å². The first kappa shape index (κ1) is 12.2.